The zero-order valence-corrected chi connectivity index (χ0v) is 11.6. The molecule has 3 unspecified atom stereocenters. The molecule has 3 nitrogen and oxygen atoms in total. The van der Waals surface area contributed by atoms with Crippen molar-refractivity contribution in [3.63, 3.8) is 0 Å². The molecule has 0 amide bonds. The van der Waals surface area contributed by atoms with E-state index in [0.29, 0.717) is 32.5 Å². The lowest BCUT2D eigenvalue weighted by Gasteiger charge is -2.30. The second-order valence-corrected chi connectivity index (χ2v) is 5.80. The lowest BCUT2D eigenvalue weighted by atomic mass is 9.83. The minimum atomic E-state index is -0.428. The third kappa shape index (κ3) is 3.56. The van der Waals surface area contributed by atoms with Gasteiger partial charge in [0.25, 0.3) is 0 Å². The van der Waals surface area contributed by atoms with Crippen LogP contribution in [0.5, 0.6) is 0 Å². The van der Waals surface area contributed by atoms with Crippen molar-refractivity contribution in [2.75, 3.05) is 6.61 Å². The number of halogens is 1. The van der Waals surface area contributed by atoms with Crippen LogP contribution in [-0.2, 0) is 16.1 Å². The van der Waals surface area contributed by atoms with Crippen LogP contribution >= 0.6 is 11.6 Å². The average molecular weight is 283 g/mol. The smallest absolute Gasteiger partial charge is 0.120 e. The van der Waals surface area contributed by atoms with E-state index in [2.05, 4.69) is 0 Å². The number of aldehydes is 1. The van der Waals surface area contributed by atoms with Gasteiger partial charge < -0.3 is 14.6 Å². The fourth-order valence-corrected chi connectivity index (χ4v) is 3.15. The molecule has 2 rings (SSSR count). The van der Waals surface area contributed by atoms with Crippen molar-refractivity contribution in [1.29, 1.82) is 0 Å². The van der Waals surface area contributed by atoms with E-state index in [1.165, 1.54) is 0 Å². The first-order valence-electron chi connectivity index (χ1n) is 6.54. The number of carbonyl (C=O) groups excluding carboxylic acids is 1. The predicted octanol–water partition coefficient (Wildman–Crippen LogP) is 2.54. The van der Waals surface area contributed by atoms with Gasteiger partial charge in [0.1, 0.15) is 6.29 Å². The van der Waals surface area contributed by atoms with E-state index in [-0.39, 0.29) is 5.38 Å². The first-order valence-corrected chi connectivity index (χ1v) is 6.97. The van der Waals surface area contributed by atoms with Gasteiger partial charge in [0.05, 0.1) is 19.3 Å². The molecule has 19 heavy (non-hydrogen) atoms. The van der Waals surface area contributed by atoms with Crippen molar-refractivity contribution in [2.45, 2.75) is 37.4 Å². The number of hydrogen-bond acceptors (Lipinski definition) is 3. The van der Waals surface area contributed by atoms with Crippen molar-refractivity contribution >= 4 is 17.9 Å². The van der Waals surface area contributed by atoms with E-state index < -0.39 is 11.5 Å². The molecule has 1 aliphatic rings. The van der Waals surface area contributed by atoms with Gasteiger partial charge in [0, 0.05) is 17.2 Å². The first kappa shape index (κ1) is 14.5. The molecule has 104 valence electrons. The fraction of sp³-hybridized carbons (Fsp3) is 0.533. The Balaban J connectivity index is 1.93. The summed E-state index contributed by atoms with van der Waals surface area (Å²) in [5, 5.41) is 9.52. The highest BCUT2D eigenvalue weighted by atomic mass is 35.5. The van der Waals surface area contributed by atoms with Crippen LogP contribution in [0.1, 0.15) is 24.8 Å². The molecule has 0 spiro atoms. The number of ether oxygens (including phenoxy) is 1. The molecule has 1 aliphatic carbocycles. The normalized spacial score (nSPS) is 30.4. The molecule has 0 aromatic heterocycles. The van der Waals surface area contributed by atoms with Crippen LogP contribution in [0.2, 0.25) is 0 Å². The Morgan fingerprint density at radius 3 is 2.74 bits per heavy atom. The summed E-state index contributed by atoms with van der Waals surface area (Å²) in [6.07, 6.45) is 1.85. The van der Waals surface area contributed by atoms with E-state index in [4.69, 9.17) is 16.3 Å². The largest absolute Gasteiger partial charge is 0.393 e. The maximum Gasteiger partial charge on any atom is 0.120 e. The quantitative estimate of drug-likeness (QED) is 0.644. The Labute approximate surface area is 118 Å². The number of aliphatic hydroxyl groups is 1. The predicted molar refractivity (Wildman–Crippen MR) is 74.1 cm³/mol. The summed E-state index contributed by atoms with van der Waals surface area (Å²) in [5.41, 5.74) is 0.672. The van der Waals surface area contributed by atoms with Crippen LogP contribution in [0.25, 0.3) is 0 Å². The second-order valence-electron chi connectivity index (χ2n) is 5.27. The van der Waals surface area contributed by atoms with Gasteiger partial charge in [-0.25, -0.2) is 0 Å². The SMILES string of the molecule is O=CCC1(COCc2ccccc2)CC(O)CC1Cl. The molecule has 1 N–H and O–H groups in total. The highest BCUT2D eigenvalue weighted by Gasteiger charge is 2.46. The molecule has 1 saturated carbocycles. The molecular formula is C15H19ClO3. The topological polar surface area (TPSA) is 46.5 Å². The third-order valence-electron chi connectivity index (χ3n) is 3.78. The summed E-state index contributed by atoms with van der Waals surface area (Å²) in [5.74, 6) is 0. The molecule has 0 radical (unpaired) electrons. The third-order valence-corrected chi connectivity index (χ3v) is 4.42. The van der Waals surface area contributed by atoms with Gasteiger partial charge in [-0.1, -0.05) is 30.3 Å². The van der Waals surface area contributed by atoms with Gasteiger partial charge in [0.15, 0.2) is 0 Å². The number of aliphatic hydroxyl groups excluding tert-OH is 1. The monoisotopic (exact) mass is 282 g/mol. The maximum absolute atomic E-state index is 10.9. The van der Waals surface area contributed by atoms with E-state index >= 15 is 0 Å². The van der Waals surface area contributed by atoms with Gasteiger partial charge in [-0.05, 0) is 18.4 Å². The minimum absolute atomic E-state index is 0.205. The number of benzene rings is 1. The van der Waals surface area contributed by atoms with Gasteiger partial charge in [-0.2, -0.15) is 0 Å². The van der Waals surface area contributed by atoms with E-state index in [9.17, 15) is 9.90 Å². The molecule has 1 aromatic carbocycles. The summed E-state index contributed by atoms with van der Waals surface area (Å²) < 4.78 is 5.72. The van der Waals surface area contributed by atoms with Crippen molar-refractivity contribution in [2.24, 2.45) is 5.41 Å². The molecular weight excluding hydrogens is 264 g/mol. The van der Waals surface area contributed by atoms with Gasteiger partial charge >= 0.3 is 0 Å². The van der Waals surface area contributed by atoms with Crippen LogP contribution in [0, 0.1) is 5.41 Å². The van der Waals surface area contributed by atoms with Crippen molar-refractivity contribution in [1.82, 2.24) is 0 Å². The Hall–Kier alpha value is -0.900. The summed E-state index contributed by atoms with van der Waals surface area (Å²) in [4.78, 5) is 10.9. The van der Waals surface area contributed by atoms with Crippen molar-refractivity contribution in [3.05, 3.63) is 35.9 Å². The number of hydrogen-bond donors (Lipinski definition) is 1. The summed E-state index contributed by atoms with van der Waals surface area (Å²) in [6.45, 7) is 0.910. The highest BCUT2D eigenvalue weighted by molar-refractivity contribution is 6.21. The van der Waals surface area contributed by atoms with E-state index in [1.54, 1.807) is 0 Å². The lowest BCUT2D eigenvalue weighted by Crippen LogP contribution is -2.32. The molecule has 4 heteroatoms. The lowest BCUT2D eigenvalue weighted by molar-refractivity contribution is -0.111. The summed E-state index contributed by atoms with van der Waals surface area (Å²) in [6, 6.07) is 9.87. The zero-order chi connectivity index (χ0) is 13.7. The van der Waals surface area contributed by atoms with Crippen LogP contribution < -0.4 is 0 Å². The molecule has 0 heterocycles. The van der Waals surface area contributed by atoms with Gasteiger partial charge in [-0.15, -0.1) is 11.6 Å². The number of carbonyl (C=O) groups is 1. The molecule has 0 saturated heterocycles. The summed E-state index contributed by atoms with van der Waals surface area (Å²) >= 11 is 6.29. The van der Waals surface area contributed by atoms with Crippen molar-refractivity contribution < 1.29 is 14.6 Å². The average Bonchev–Trinajstić information content (AvgIpc) is 2.66. The molecule has 3 atom stereocenters. The highest BCUT2D eigenvalue weighted by Crippen LogP contribution is 2.44. The van der Waals surface area contributed by atoms with Crippen LogP contribution in [0.3, 0.4) is 0 Å². The Bertz CT molecular complexity index is 409. The fourth-order valence-electron chi connectivity index (χ4n) is 2.70. The van der Waals surface area contributed by atoms with Crippen LogP contribution in [0.15, 0.2) is 30.3 Å². The molecule has 1 fully saturated rings. The number of rotatable bonds is 6. The zero-order valence-electron chi connectivity index (χ0n) is 10.8. The summed E-state index contributed by atoms with van der Waals surface area (Å²) in [7, 11) is 0. The molecule has 0 bridgehead atoms. The number of alkyl halides is 1. The first-order chi connectivity index (χ1) is 9.16. The maximum atomic E-state index is 10.9. The molecule has 1 aromatic rings. The van der Waals surface area contributed by atoms with Crippen LogP contribution in [0.4, 0.5) is 0 Å². The van der Waals surface area contributed by atoms with E-state index in [1.807, 2.05) is 30.3 Å². The Kier molecular flexibility index (Phi) is 4.97. The second kappa shape index (κ2) is 6.51. The van der Waals surface area contributed by atoms with Gasteiger partial charge in [0.2, 0.25) is 0 Å². The molecule has 0 aliphatic heterocycles. The Morgan fingerprint density at radius 2 is 2.16 bits per heavy atom. The van der Waals surface area contributed by atoms with E-state index in [0.717, 1.165) is 11.8 Å². The standard InChI is InChI=1S/C15H19ClO3/c16-14-8-13(18)9-15(14,6-7-17)11-19-10-12-4-2-1-3-5-12/h1-5,7,13-14,18H,6,8-11H2. The van der Waals surface area contributed by atoms with Gasteiger partial charge in [-0.3, -0.25) is 0 Å². The Morgan fingerprint density at radius 1 is 1.42 bits per heavy atom. The van der Waals surface area contributed by atoms with Crippen LogP contribution in [-0.4, -0.2) is 29.5 Å². The minimum Gasteiger partial charge on any atom is -0.393 e. The van der Waals surface area contributed by atoms with Crippen molar-refractivity contribution in [3.8, 4) is 0 Å².